The van der Waals surface area contributed by atoms with E-state index in [1.807, 2.05) is 36.4 Å². The van der Waals surface area contributed by atoms with E-state index >= 15 is 0 Å². The third kappa shape index (κ3) is 2.15. The molecule has 0 spiro atoms. The molecule has 94 valence electrons. The first-order chi connectivity index (χ1) is 9.25. The van der Waals surface area contributed by atoms with E-state index in [9.17, 15) is 0 Å². The third-order valence-electron chi connectivity index (χ3n) is 2.70. The maximum atomic E-state index is 6.19. The monoisotopic (exact) mass is 271 g/mol. The fourth-order valence-electron chi connectivity index (χ4n) is 1.81. The quantitative estimate of drug-likeness (QED) is 0.727. The molecule has 0 radical (unpaired) electrons. The summed E-state index contributed by atoms with van der Waals surface area (Å²) in [6, 6.07) is 14.9. The summed E-state index contributed by atoms with van der Waals surface area (Å²) >= 11 is 6.19. The van der Waals surface area contributed by atoms with E-state index in [0.717, 1.165) is 11.3 Å². The molecule has 0 bridgehead atoms. The van der Waals surface area contributed by atoms with Crippen molar-refractivity contribution in [1.29, 1.82) is 0 Å². The van der Waals surface area contributed by atoms with Crippen LogP contribution in [0.1, 0.15) is 0 Å². The van der Waals surface area contributed by atoms with Crippen LogP contribution in [0.15, 0.2) is 48.5 Å². The van der Waals surface area contributed by atoms with Gasteiger partial charge in [-0.25, -0.2) is 0 Å². The number of aromatic nitrogens is 4. The van der Waals surface area contributed by atoms with Gasteiger partial charge in [-0.05, 0) is 40.8 Å². The van der Waals surface area contributed by atoms with E-state index in [2.05, 4.69) is 15.5 Å². The summed E-state index contributed by atoms with van der Waals surface area (Å²) in [5.74, 6) is 0.580. The lowest BCUT2D eigenvalue weighted by molar-refractivity contribution is 0.791. The van der Waals surface area contributed by atoms with Crippen molar-refractivity contribution < 1.29 is 0 Å². The van der Waals surface area contributed by atoms with Crippen LogP contribution in [0.25, 0.3) is 17.1 Å². The van der Waals surface area contributed by atoms with E-state index in [-0.39, 0.29) is 0 Å². The van der Waals surface area contributed by atoms with Crippen LogP contribution in [-0.2, 0) is 0 Å². The first kappa shape index (κ1) is 11.7. The van der Waals surface area contributed by atoms with Crippen LogP contribution in [-0.4, -0.2) is 20.2 Å². The van der Waals surface area contributed by atoms with E-state index in [1.54, 1.807) is 16.8 Å². The van der Waals surface area contributed by atoms with Crippen LogP contribution >= 0.6 is 11.6 Å². The summed E-state index contributed by atoms with van der Waals surface area (Å²) in [6.07, 6.45) is 0. The summed E-state index contributed by atoms with van der Waals surface area (Å²) in [5, 5.41) is 12.3. The molecule has 6 heteroatoms. The minimum Gasteiger partial charge on any atom is -0.399 e. The highest BCUT2D eigenvalue weighted by Gasteiger charge is 2.13. The van der Waals surface area contributed by atoms with Gasteiger partial charge in [-0.2, -0.15) is 4.68 Å². The second kappa shape index (κ2) is 4.70. The Hall–Kier alpha value is -2.40. The Labute approximate surface area is 114 Å². The van der Waals surface area contributed by atoms with Crippen molar-refractivity contribution in [3.05, 3.63) is 53.6 Å². The van der Waals surface area contributed by atoms with Crippen molar-refractivity contribution in [1.82, 2.24) is 20.2 Å². The van der Waals surface area contributed by atoms with E-state index < -0.39 is 0 Å². The molecule has 0 aliphatic carbocycles. The minimum absolute atomic E-state index is 0.520. The highest BCUT2D eigenvalue weighted by atomic mass is 35.5. The predicted octanol–water partition coefficient (Wildman–Crippen LogP) is 2.56. The maximum absolute atomic E-state index is 6.19. The van der Waals surface area contributed by atoms with Gasteiger partial charge in [0.1, 0.15) is 0 Å². The zero-order valence-electron chi connectivity index (χ0n) is 9.86. The molecule has 0 unspecified atom stereocenters. The summed E-state index contributed by atoms with van der Waals surface area (Å²) in [4.78, 5) is 0. The van der Waals surface area contributed by atoms with Gasteiger partial charge in [0, 0.05) is 11.3 Å². The molecule has 19 heavy (non-hydrogen) atoms. The first-order valence-electron chi connectivity index (χ1n) is 5.65. The molecule has 2 N–H and O–H groups in total. The van der Waals surface area contributed by atoms with E-state index in [4.69, 9.17) is 17.3 Å². The Morgan fingerprint density at radius 3 is 2.58 bits per heavy atom. The fraction of sp³-hybridized carbons (Fsp3) is 0. The van der Waals surface area contributed by atoms with Crippen molar-refractivity contribution in [2.24, 2.45) is 0 Å². The van der Waals surface area contributed by atoms with Gasteiger partial charge in [0.15, 0.2) is 5.82 Å². The zero-order chi connectivity index (χ0) is 13.2. The van der Waals surface area contributed by atoms with Gasteiger partial charge >= 0.3 is 0 Å². The topological polar surface area (TPSA) is 69.6 Å². The number of para-hydroxylation sites is 1. The molecule has 3 aromatic rings. The molecule has 3 rings (SSSR count). The summed E-state index contributed by atoms with van der Waals surface area (Å²) in [6.45, 7) is 0. The Kier molecular flexibility index (Phi) is 2.89. The molecular formula is C13H10ClN5. The van der Waals surface area contributed by atoms with Crippen molar-refractivity contribution >= 4 is 17.3 Å². The maximum Gasteiger partial charge on any atom is 0.188 e. The molecule has 2 aromatic carbocycles. The number of nitrogen functional groups attached to an aromatic ring is 1. The lowest BCUT2D eigenvalue weighted by Crippen LogP contribution is -2.00. The van der Waals surface area contributed by atoms with Crippen LogP contribution in [0.3, 0.4) is 0 Å². The Morgan fingerprint density at radius 1 is 1.05 bits per heavy atom. The lowest BCUT2D eigenvalue weighted by Gasteiger charge is -2.06. The summed E-state index contributed by atoms with van der Waals surface area (Å²) in [5.41, 5.74) is 7.90. The summed E-state index contributed by atoms with van der Waals surface area (Å²) < 4.78 is 1.64. The average molecular weight is 272 g/mol. The number of rotatable bonds is 2. The second-order valence-electron chi connectivity index (χ2n) is 3.99. The van der Waals surface area contributed by atoms with Gasteiger partial charge in [-0.1, -0.05) is 29.8 Å². The van der Waals surface area contributed by atoms with Crippen LogP contribution in [0.5, 0.6) is 0 Å². The van der Waals surface area contributed by atoms with Crippen LogP contribution < -0.4 is 5.73 Å². The van der Waals surface area contributed by atoms with Gasteiger partial charge in [-0.15, -0.1) is 5.10 Å². The minimum atomic E-state index is 0.520. The number of benzene rings is 2. The molecule has 1 aromatic heterocycles. The van der Waals surface area contributed by atoms with E-state index in [1.165, 1.54) is 0 Å². The fourth-order valence-corrected chi connectivity index (χ4v) is 2.08. The molecule has 5 nitrogen and oxygen atoms in total. The van der Waals surface area contributed by atoms with Crippen LogP contribution in [0.4, 0.5) is 5.69 Å². The average Bonchev–Trinajstić information content (AvgIpc) is 2.89. The van der Waals surface area contributed by atoms with Crippen LogP contribution in [0, 0.1) is 0 Å². The van der Waals surface area contributed by atoms with Crippen molar-refractivity contribution in [3.8, 4) is 17.1 Å². The second-order valence-corrected chi connectivity index (χ2v) is 4.40. The zero-order valence-corrected chi connectivity index (χ0v) is 10.6. The predicted molar refractivity (Wildman–Crippen MR) is 74.0 cm³/mol. The highest BCUT2D eigenvalue weighted by Crippen LogP contribution is 2.28. The molecule has 0 saturated heterocycles. The number of tetrazole rings is 1. The molecule has 0 amide bonds. The van der Waals surface area contributed by atoms with E-state index in [0.29, 0.717) is 16.5 Å². The van der Waals surface area contributed by atoms with Gasteiger partial charge in [0.05, 0.1) is 10.7 Å². The first-order valence-corrected chi connectivity index (χ1v) is 6.03. The molecule has 0 aliphatic rings. The van der Waals surface area contributed by atoms with Crippen molar-refractivity contribution in [3.63, 3.8) is 0 Å². The number of hydrogen-bond acceptors (Lipinski definition) is 4. The number of nitrogens with zero attached hydrogens (tertiary/aromatic N) is 4. The smallest absolute Gasteiger partial charge is 0.188 e. The SMILES string of the molecule is Nc1ccc(-c2nnnn2-c2ccccc2)c(Cl)c1. The van der Waals surface area contributed by atoms with Crippen molar-refractivity contribution in [2.75, 3.05) is 5.73 Å². The highest BCUT2D eigenvalue weighted by molar-refractivity contribution is 6.33. The molecule has 0 atom stereocenters. The summed E-state index contributed by atoms with van der Waals surface area (Å²) in [7, 11) is 0. The third-order valence-corrected chi connectivity index (χ3v) is 3.02. The largest absolute Gasteiger partial charge is 0.399 e. The van der Waals surface area contributed by atoms with Gasteiger partial charge < -0.3 is 5.73 Å². The number of halogens is 1. The van der Waals surface area contributed by atoms with Gasteiger partial charge in [0.25, 0.3) is 0 Å². The number of hydrogen-bond donors (Lipinski definition) is 1. The lowest BCUT2D eigenvalue weighted by atomic mass is 10.2. The standard InChI is InChI=1S/C13H10ClN5/c14-12-8-9(15)6-7-11(12)13-16-17-18-19(13)10-4-2-1-3-5-10/h1-8H,15H2. The number of nitrogens with two attached hydrogens (primary N) is 1. The molecule has 0 aliphatic heterocycles. The van der Waals surface area contributed by atoms with Crippen LogP contribution in [0.2, 0.25) is 5.02 Å². The molecule has 1 heterocycles. The Balaban J connectivity index is 2.15. The van der Waals surface area contributed by atoms with Crippen molar-refractivity contribution in [2.45, 2.75) is 0 Å². The molecular weight excluding hydrogens is 262 g/mol. The van der Waals surface area contributed by atoms with Gasteiger partial charge in [-0.3, -0.25) is 0 Å². The Morgan fingerprint density at radius 2 is 1.84 bits per heavy atom. The molecule has 0 fully saturated rings. The number of anilines is 1. The normalized spacial score (nSPS) is 10.6. The van der Waals surface area contributed by atoms with Gasteiger partial charge in [0.2, 0.25) is 0 Å². The molecule has 0 saturated carbocycles. The Bertz CT molecular complexity index is 708.